The number of aryl methyl sites for hydroxylation is 1. The summed E-state index contributed by atoms with van der Waals surface area (Å²) in [6.07, 6.45) is 7.28. The van der Waals surface area contributed by atoms with Crippen molar-refractivity contribution in [2.24, 2.45) is 5.92 Å². The first kappa shape index (κ1) is 11.3. The van der Waals surface area contributed by atoms with Crippen molar-refractivity contribution < 1.29 is 0 Å². The number of benzene rings is 1. The second kappa shape index (κ2) is 4.81. The highest BCUT2D eigenvalue weighted by Crippen LogP contribution is 2.36. The molecule has 0 N–H and O–H groups in total. The van der Waals surface area contributed by atoms with Gasteiger partial charge in [0.1, 0.15) is 0 Å². The van der Waals surface area contributed by atoms with Gasteiger partial charge < -0.3 is 0 Å². The number of likely N-dealkylation sites (tertiary alicyclic amines) is 1. The highest BCUT2D eigenvalue weighted by atomic mass is 15.2. The first-order valence-electron chi connectivity index (χ1n) is 7.12. The molecule has 2 fully saturated rings. The second-order valence-corrected chi connectivity index (χ2v) is 5.86. The van der Waals surface area contributed by atoms with Crippen LogP contribution in [0.15, 0.2) is 24.3 Å². The van der Waals surface area contributed by atoms with Gasteiger partial charge in [0.25, 0.3) is 0 Å². The molecule has 0 radical (unpaired) electrons. The van der Waals surface area contributed by atoms with E-state index in [4.69, 9.17) is 0 Å². The Hall–Kier alpha value is -0.820. The average molecular weight is 229 g/mol. The molecule has 0 aromatic heterocycles. The van der Waals surface area contributed by atoms with E-state index in [1.54, 1.807) is 0 Å². The minimum Gasteiger partial charge on any atom is -0.296 e. The highest BCUT2D eigenvalue weighted by molar-refractivity contribution is 5.21. The molecule has 1 heterocycles. The maximum Gasteiger partial charge on any atom is 0.0236 e. The quantitative estimate of drug-likeness (QED) is 0.746. The summed E-state index contributed by atoms with van der Waals surface area (Å²) in [4.78, 5) is 2.73. The molecule has 1 aromatic carbocycles. The molecule has 1 aliphatic carbocycles. The molecular formula is C16H23N. The minimum absolute atomic E-state index is 0.894. The monoisotopic (exact) mass is 229 g/mol. The largest absolute Gasteiger partial charge is 0.296 e. The van der Waals surface area contributed by atoms with Gasteiger partial charge in [0.15, 0.2) is 0 Å². The molecule has 0 spiro atoms. The third-order valence-corrected chi connectivity index (χ3v) is 4.63. The van der Waals surface area contributed by atoms with Gasteiger partial charge in [0.05, 0.1) is 0 Å². The molecule has 2 atom stereocenters. The van der Waals surface area contributed by atoms with E-state index in [-0.39, 0.29) is 0 Å². The fraction of sp³-hybridized carbons (Fsp3) is 0.625. The topological polar surface area (TPSA) is 3.24 Å². The summed E-state index contributed by atoms with van der Waals surface area (Å²) in [6, 6.07) is 9.97. The van der Waals surface area contributed by atoms with Crippen molar-refractivity contribution in [3.05, 3.63) is 35.4 Å². The van der Waals surface area contributed by atoms with Gasteiger partial charge in [-0.1, -0.05) is 42.7 Å². The molecule has 1 heteroatoms. The molecule has 1 aromatic rings. The summed E-state index contributed by atoms with van der Waals surface area (Å²) >= 11 is 0. The smallest absolute Gasteiger partial charge is 0.0236 e. The summed E-state index contributed by atoms with van der Waals surface area (Å²) < 4.78 is 0. The van der Waals surface area contributed by atoms with Crippen molar-refractivity contribution in [3.63, 3.8) is 0 Å². The van der Waals surface area contributed by atoms with E-state index in [0.29, 0.717) is 0 Å². The molecule has 0 bridgehead atoms. The predicted molar refractivity (Wildman–Crippen MR) is 72.0 cm³/mol. The van der Waals surface area contributed by atoms with Crippen LogP contribution in [-0.4, -0.2) is 17.5 Å². The lowest BCUT2D eigenvalue weighted by molar-refractivity contribution is 0.176. The Kier molecular flexibility index (Phi) is 3.19. The predicted octanol–water partition coefficient (Wildman–Crippen LogP) is 3.76. The van der Waals surface area contributed by atoms with Crippen LogP contribution in [0, 0.1) is 12.8 Å². The number of hydrogen-bond donors (Lipinski definition) is 0. The van der Waals surface area contributed by atoms with E-state index >= 15 is 0 Å². The molecule has 1 nitrogen and oxygen atoms in total. The summed E-state index contributed by atoms with van der Waals surface area (Å²) in [7, 11) is 0. The molecule has 1 saturated carbocycles. The van der Waals surface area contributed by atoms with Crippen LogP contribution in [-0.2, 0) is 6.54 Å². The zero-order valence-corrected chi connectivity index (χ0v) is 10.9. The van der Waals surface area contributed by atoms with Gasteiger partial charge in [-0.25, -0.2) is 0 Å². The van der Waals surface area contributed by atoms with Crippen LogP contribution in [0.2, 0.25) is 0 Å². The Morgan fingerprint density at radius 3 is 2.65 bits per heavy atom. The minimum atomic E-state index is 0.894. The third-order valence-electron chi connectivity index (χ3n) is 4.63. The molecule has 92 valence electrons. The van der Waals surface area contributed by atoms with Crippen molar-refractivity contribution >= 4 is 0 Å². The van der Waals surface area contributed by atoms with E-state index in [1.807, 2.05) is 0 Å². The van der Waals surface area contributed by atoms with Crippen molar-refractivity contribution in [3.8, 4) is 0 Å². The van der Waals surface area contributed by atoms with E-state index < -0.39 is 0 Å². The summed E-state index contributed by atoms with van der Waals surface area (Å²) in [5.41, 5.74) is 2.85. The van der Waals surface area contributed by atoms with E-state index in [9.17, 15) is 0 Å². The van der Waals surface area contributed by atoms with Gasteiger partial charge in [0, 0.05) is 12.6 Å². The van der Waals surface area contributed by atoms with Crippen LogP contribution in [0.1, 0.15) is 43.2 Å². The molecule has 0 amide bonds. The van der Waals surface area contributed by atoms with Crippen LogP contribution < -0.4 is 0 Å². The molecule has 17 heavy (non-hydrogen) atoms. The number of hydrogen-bond acceptors (Lipinski definition) is 1. The first-order chi connectivity index (χ1) is 8.33. The standard InChI is InChI=1S/C16H23N/c1-13-6-8-14(9-7-13)12-17-11-10-15-4-2-3-5-16(15)17/h6-9,15-16H,2-5,10-12H2,1H3. The maximum absolute atomic E-state index is 2.73. The van der Waals surface area contributed by atoms with Gasteiger partial charge in [-0.15, -0.1) is 0 Å². The molecule has 2 unspecified atom stereocenters. The fourth-order valence-corrected chi connectivity index (χ4v) is 3.63. The van der Waals surface area contributed by atoms with E-state index in [2.05, 4.69) is 36.1 Å². The summed E-state index contributed by atoms with van der Waals surface area (Å²) in [5, 5.41) is 0. The van der Waals surface area contributed by atoms with Crippen molar-refractivity contribution in [1.29, 1.82) is 0 Å². The second-order valence-electron chi connectivity index (χ2n) is 5.86. The van der Waals surface area contributed by atoms with Gasteiger partial charge >= 0.3 is 0 Å². The van der Waals surface area contributed by atoms with Crippen LogP contribution in [0.4, 0.5) is 0 Å². The van der Waals surface area contributed by atoms with Gasteiger partial charge in [-0.05, 0) is 44.2 Å². The number of fused-ring (bicyclic) bond motifs is 1. The van der Waals surface area contributed by atoms with Crippen LogP contribution in [0.3, 0.4) is 0 Å². The third kappa shape index (κ3) is 2.40. The zero-order chi connectivity index (χ0) is 11.7. The van der Waals surface area contributed by atoms with Gasteiger partial charge in [-0.2, -0.15) is 0 Å². The zero-order valence-electron chi connectivity index (χ0n) is 10.9. The highest BCUT2D eigenvalue weighted by Gasteiger charge is 2.35. The Labute approximate surface area is 105 Å². The Balaban J connectivity index is 1.67. The van der Waals surface area contributed by atoms with Crippen molar-refractivity contribution in [2.45, 2.75) is 51.6 Å². The lowest BCUT2D eigenvalue weighted by Crippen LogP contribution is -2.34. The Morgan fingerprint density at radius 2 is 1.82 bits per heavy atom. The average Bonchev–Trinajstić information content (AvgIpc) is 2.76. The van der Waals surface area contributed by atoms with Gasteiger partial charge in [-0.3, -0.25) is 4.90 Å². The molecule has 3 rings (SSSR count). The molecule has 2 aliphatic rings. The maximum atomic E-state index is 2.73. The van der Waals surface area contributed by atoms with Crippen molar-refractivity contribution in [2.75, 3.05) is 6.54 Å². The Bertz CT molecular complexity index is 368. The van der Waals surface area contributed by atoms with Crippen LogP contribution in [0.5, 0.6) is 0 Å². The SMILES string of the molecule is Cc1ccc(CN2CCC3CCCCC32)cc1. The molecule has 1 saturated heterocycles. The van der Waals surface area contributed by atoms with E-state index in [1.165, 1.54) is 56.3 Å². The Morgan fingerprint density at radius 1 is 1.06 bits per heavy atom. The first-order valence-corrected chi connectivity index (χ1v) is 7.12. The number of rotatable bonds is 2. The van der Waals surface area contributed by atoms with Crippen LogP contribution >= 0.6 is 0 Å². The fourth-order valence-electron chi connectivity index (χ4n) is 3.63. The lowest BCUT2D eigenvalue weighted by Gasteiger charge is -2.31. The summed E-state index contributed by atoms with van der Waals surface area (Å²) in [6.45, 7) is 4.65. The van der Waals surface area contributed by atoms with Crippen LogP contribution in [0.25, 0.3) is 0 Å². The van der Waals surface area contributed by atoms with E-state index in [0.717, 1.165) is 12.0 Å². The lowest BCUT2D eigenvalue weighted by atomic mass is 9.85. The normalized spacial score (nSPS) is 29.2. The molecule has 1 aliphatic heterocycles. The number of nitrogens with zero attached hydrogens (tertiary/aromatic N) is 1. The van der Waals surface area contributed by atoms with Crippen molar-refractivity contribution in [1.82, 2.24) is 4.90 Å². The molecular weight excluding hydrogens is 206 g/mol. The summed E-state index contributed by atoms with van der Waals surface area (Å²) in [5.74, 6) is 1.01. The van der Waals surface area contributed by atoms with Gasteiger partial charge in [0.2, 0.25) is 0 Å².